The van der Waals surface area contributed by atoms with Gasteiger partial charge < -0.3 is 4.74 Å². The molecule has 0 N–H and O–H groups in total. The van der Waals surface area contributed by atoms with Gasteiger partial charge >= 0.3 is 5.97 Å². The van der Waals surface area contributed by atoms with E-state index in [1.165, 1.54) is 30.4 Å². The van der Waals surface area contributed by atoms with Gasteiger partial charge in [-0.2, -0.15) is 0 Å². The van der Waals surface area contributed by atoms with Crippen molar-refractivity contribution in [1.82, 2.24) is 0 Å². The van der Waals surface area contributed by atoms with Crippen LogP contribution in [0.3, 0.4) is 0 Å². The number of hydrogen-bond acceptors (Lipinski definition) is 2. The van der Waals surface area contributed by atoms with Crippen LogP contribution in [0.4, 0.5) is 0 Å². The van der Waals surface area contributed by atoms with Crippen LogP contribution in [0.5, 0.6) is 5.75 Å². The summed E-state index contributed by atoms with van der Waals surface area (Å²) >= 11 is 0. The Morgan fingerprint density at radius 2 is 1.12 bits per heavy atom. The molecule has 0 aromatic heterocycles. The summed E-state index contributed by atoms with van der Waals surface area (Å²) < 4.78 is 5.58. The molecule has 4 aromatic carbocycles. The third-order valence-electron chi connectivity index (χ3n) is 5.93. The maximum absolute atomic E-state index is 12.6. The lowest BCUT2D eigenvalue weighted by atomic mass is 10.0. The fraction of sp³-hybridized carbons (Fsp3) is 0.194. The second-order valence-electron chi connectivity index (χ2n) is 8.51. The van der Waals surface area contributed by atoms with Crippen molar-refractivity contribution in [2.75, 3.05) is 0 Å². The molecule has 0 atom stereocenters. The summed E-state index contributed by atoms with van der Waals surface area (Å²) in [4.78, 5) is 12.6. The van der Waals surface area contributed by atoms with Crippen LogP contribution in [0.25, 0.3) is 22.3 Å². The minimum atomic E-state index is -0.351. The highest BCUT2D eigenvalue weighted by Crippen LogP contribution is 2.24. The van der Waals surface area contributed by atoms with E-state index in [9.17, 15) is 4.79 Å². The van der Waals surface area contributed by atoms with Gasteiger partial charge in [0.1, 0.15) is 5.75 Å². The second kappa shape index (κ2) is 10.8. The molecule has 4 aromatic rings. The van der Waals surface area contributed by atoms with Crippen molar-refractivity contribution in [2.45, 2.75) is 39.5 Å². The van der Waals surface area contributed by atoms with Gasteiger partial charge in [-0.15, -0.1) is 0 Å². The van der Waals surface area contributed by atoms with Crippen LogP contribution in [0.1, 0.15) is 47.7 Å². The number of ether oxygens (including phenoxy) is 1. The van der Waals surface area contributed by atoms with Crippen LogP contribution in [-0.4, -0.2) is 5.97 Å². The molecule has 166 valence electrons. The normalized spacial score (nSPS) is 10.7. The Kier molecular flexibility index (Phi) is 7.36. The van der Waals surface area contributed by atoms with Crippen molar-refractivity contribution in [2.24, 2.45) is 0 Å². The van der Waals surface area contributed by atoms with Crippen LogP contribution >= 0.6 is 0 Å². The average Bonchev–Trinajstić information content (AvgIpc) is 2.86. The first-order valence-corrected chi connectivity index (χ1v) is 11.7. The summed E-state index contributed by atoms with van der Waals surface area (Å²) in [6.45, 7) is 4.30. The van der Waals surface area contributed by atoms with Crippen LogP contribution in [0.2, 0.25) is 0 Å². The highest BCUT2D eigenvalue weighted by molar-refractivity contribution is 5.91. The maximum Gasteiger partial charge on any atom is 0.343 e. The van der Waals surface area contributed by atoms with E-state index in [0.29, 0.717) is 11.3 Å². The number of carbonyl (C=O) groups excluding carboxylic acids is 1. The number of hydrogen-bond donors (Lipinski definition) is 0. The van der Waals surface area contributed by atoms with Gasteiger partial charge in [-0.3, -0.25) is 0 Å². The topological polar surface area (TPSA) is 26.3 Å². The van der Waals surface area contributed by atoms with E-state index in [1.54, 1.807) is 0 Å². The summed E-state index contributed by atoms with van der Waals surface area (Å²) in [6, 6.07) is 32.3. The Hall–Kier alpha value is -3.65. The van der Waals surface area contributed by atoms with Gasteiger partial charge in [0.15, 0.2) is 0 Å². The van der Waals surface area contributed by atoms with Gasteiger partial charge in [-0.05, 0) is 71.8 Å². The predicted molar refractivity (Wildman–Crippen MR) is 137 cm³/mol. The molecular weight excluding hydrogens is 404 g/mol. The van der Waals surface area contributed by atoms with Crippen LogP contribution in [-0.2, 0) is 6.42 Å². The zero-order valence-electron chi connectivity index (χ0n) is 19.4. The van der Waals surface area contributed by atoms with Gasteiger partial charge in [-0.25, -0.2) is 4.79 Å². The largest absolute Gasteiger partial charge is 0.423 e. The minimum Gasteiger partial charge on any atom is -0.423 e. The molecule has 0 saturated carbocycles. The summed E-state index contributed by atoms with van der Waals surface area (Å²) in [5.74, 6) is 0.189. The molecule has 0 saturated heterocycles. The van der Waals surface area contributed by atoms with Crippen molar-refractivity contribution in [3.63, 3.8) is 0 Å². The molecular formula is C31H30O2. The molecule has 0 aliphatic rings. The Labute approximate surface area is 196 Å². The zero-order valence-corrected chi connectivity index (χ0v) is 19.4. The van der Waals surface area contributed by atoms with Crippen molar-refractivity contribution >= 4 is 5.97 Å². The first-order valence-electron chi connectivity index (χ1n) is 11.7. The molecule has 0 fully saturated rings. The third kappa shape index (κ3) is 5.98. The van der Waals surface area contributed by atoms with Crippen molar-refractivity contribution < 1.29 is 9.53 Å². The molecule has 0 heterocycles. The molecule has 0 radical (unpaired) electrons. The van der Waals surface area contributed by atoms with Gasteiger partial charge in [0.2, 0.25) is 0 Å². The Balaban J connectivity index is 1.37. The first kappa shape index (κ1) is 22.5. The van der Waals surface area contributed by atoms with E-state index in [1.807, 2.05) is 48.5 Å². The standard InChI is InChI=1S/C31H30O2/c1-3-4-5-6-24-9-13-26(14-10-24)27-15-17-29(18-16-27)31(32)33-30-21-19-28(20-22-30)25-11-7-23(2)8-12-25/h7-22H,3-6H2,1-2H3. The fourth-order valence-electron chi connectivity index (χ4n) is 3.87. The highest BCUT2D eigenvalue weighted by Gasteiger charge is 2.09. The van der Waals surface area contributed by atoms with Crippen molar-refractivity contribution in [3.05, 3.63) is 114 Å². The molecule has 0 unspecified atom stereocenters. The molecule has 33 heavy (non-hydrogen) atoms. The SMILES string of the molecule is CCCCCc1ccc(-c2ccc(C(=O)Oc3ccc(-c4ccc(C)cc4)cc3)cc2)cc1. The van der Waals surface area contributed by atoms with Crippen molar-refractivity contribution in [1.29, 1.82) is 0 Å². The second-order valence-corrected chi connectivity index (χ2v) is 8.51. The van der Waals surface area contributed by atoms with E-state index in [0.717, 1.165) is 28.7 Å². The monoisotopic (exact) mass is 434 g/mol. The summed E-state index contributed by atoms with van der Waals surface area (Å²) in [5.41, 5.74) is 7.63. The quantitative estimate of drug-likeness (QED) is 0.158. The average molecular weight is 435 g/mol. The summed E-state index contributed by atoms with van der Waals surface area (Å²) in [6.07, 6.45) is 4.88. The number of aryl methyl sites for hydroxylation is 2. The predicted octanol–water partition coefficient (Wildman–Crippen LogP) is 8.28. The summed E-state index contributed by atoms with van der Waals surface area (Å²) in [7, 11) is 0. The molecule has 4 rings (SSSR count). The molecule has 0 spiro atoms. The number of esters is 1. The summed E-state index contributed by atoms with van der Waals surface area (Å²) in [5, 5.41) is 0. The smallest absolute Gasteiger partial charge is 0.343 e. The van der Waals surface area contributed by atoms with Crippen molar-refractivity contribution in [3.8, 4) is 28.0 Å². The third-order valence-corrected chi connectivity index (χ3v) is 5.93. The molecule has 0 aliphatic carbocycles. The number of unbranched alkanes of at least 4 members (excludes halogenated alkanes) is 2. The van der Waals surface area contributed by atoms with Gasteiger partial charge in [0.25, 0.3) is 0 Å². The Bertz CT molecular complexity index is 1170. The lowest BCUT2D eigenvalue weighted by Gasteiger charge is -2.08. The Morgan fingerprint density at radius 3 is 1.67 bits per heavy atom. The van der Waals surface area contributed by atoms with E-state index in [2.05, 4.69) is 62.4 Å². The lowest BCUT2D eigenvalue weighted by molar-refractivity contribution is 0.0735. The van der Waals surface area contributed by atoms with E-state index in [4.69, 9.17) is 4.74 Å². The van der Waals surface area contributed by atoms with E-state index in [-0.39, 0.29) is 5.97 Å². The molecule has 0 amide bonds. The molecule has 2 nitrogen and oxygen atoms in total. The number of benzene rings is 4. The molecule has 0 aliphatic heterocycles. The van der Waals surface area contributed by atoms with Crippen LogP contribution in [0, 0.1) is 6.92 Å². The van der Waals surface area contributed by atoms with E-state index >= 15 is 0 Å². The van der Waals surface area contributed by atoms with Gasteiger partial charge in [0.05, 0.1) is 5.56 Å². The van der Waals surface area contributed by atoms with E-state index < -0.39 is 0 Å². The van der Waals surface area contributed by atoms with Crippen LogP contribution in [0.15, 0.2) is 97.1 Å². The molecule has 2 heteroatoms. The number of rotatable bonds is 8. The number of carbonyl (C=O) groups is 1. The van der Waals surface area contributed by atoms with Crippen LogP contribution < -0.4 is 4.74 Å². The van der Waals surface area contributed by atoms with Gasteiger partial charge in [-0.1, -0.05) is 98.1 Å². The van der Waals surface area contributed by atoms with Gasteiger partial charge in [0, 0.05) is 0 Å². The zero-order chi connectivity index (χ0) is 23.0. The first-order chi connectivity index (χ1) is 16.1. The highest BCUT2D eigenvalue weighted by atomic mass is 16.5. The molecule has 0 bridgehead atoms. The minimum absolute atomic E-state index is 0.351. The lowest BCUT2D eigenvalue weighted by Crippen LogP contribution is -2.08. The maximum atomic E-state index is 12.6. The fourth-order valence-corrected chi connectivity index (χ4v) is 3.87. The Morgan fingerprint density at radius 1 is 0.636 bits per heavy atom.